The van der Waals surface area contributed by atoms with Gasteiger partial charge in [0, 0.05) is 48.7 Å². The molecule has 0 saturated carbocycles. The average Bonchev–Trinajstić information content (AvgIpc) is 1.51. The van der Waals surface area contributed by atoms with E-state index in [1.807, 2.05) is 0 Å². The summed E-state index contributed by atoms with van der Waals surface area (Å²) in [5.74, 6) is -4.60. The molecule has 12 aromatic carbocycles. The van der Waals surface area contributed by atoms with Crippen LogP contribution in [0.15, 0.2) is 243 Å². The number of benzene rings is 12. The fourth-order valence-electron chi connectivity index (χ4n) is 15.8. The number of aryl methyl sites for hydroxylation is 10. The molecule has 15 heteroatoms. The molecule has 0 atom stereocenters. The summed E-state index contributed by atoms with van der Waals surface area (Å²) in [6.45, 7) is 21.8. The van der Waals surface area contributed by atoms with Crippen LogP contribution in [0.25, 0.3) is 144 Å². The predicted octanol–water partition coefficient (Wildman–Crippen LogP) is 17.3. The Bertz CT molecular complexity index is 6100. The summed E-state index contributed by atoms with van der Waals surface area (Å²) < 4.78 is 62.2. The molecular formula is C94H74F4K2N6O3. The molecule has 0 radical (unpaired) electrons. The van der Waals surface area contributed by atoms with Gasteiger partial charge in [-0.15, -0.1) is 0 Å². The van der Waals surface area contributed by atoms with Crippen molar-refractivity contribution >= 4 is 93.7 Å². The van der Waals surface area contributed by atoms with Crippen LogP contribution in [0.4, 0.5) is 17.6 Å². The number of nitrogens with zero attached hydrogens (tertiary/aromatic N) is 6. The number of aromatic nitrogens is 6. The minimum Gasteiger partial charge on any atom is -1.00 e. The quantitative estimate of drug-likeness (QED) is 0.0396. The van der Waals surface area contributed by atoms with Gasteiger partial charge in [0.2, 0.25) is 0 Å². The van der Waals surface area contributed by atoms with E-state index in [0.29, 0.717) is 0 Å². The number of pyridine rings is 2. The molecule has 528 valence electrons. The Morgan fingerprint density at radius 2 is 0.569 bits per heavy atom. The number of hydrogen-bond donors (Lipinski definition) is 0. The standard InChI is InChI=1S/C67H53N5.C15H14.C11H5F4N.CH2O3.2K.H/c1-38-14-22-55-47(30-38)48-31-39(2)15-23-56(48)69(55)64-63(46-12-10-9-11-13-46)65(70-57-24-16-40(3)32-49(57)50-33-41(4)17-25-58(50)70)67(72-61-28-20-44(7)36-53(61)54-37-45(8)21-29-62(54)72)68-66(64)71-59-26-18-42(5)34-51(59)52-35-43(6)19-27-60(52)71;1-10-3-5-12-9-13-6-4-11(2)8-15(13)14(12)7-10;12-8-7(6-4-2-1-3-5-6)9(13)11(15)16-10(8)14;2-1-4-3;;;/h9-37H,1-8H3;3-8H,9H2,1-2H3;1-5H;1,3H;;;/q;;;;2*+1;-1/p-1. The van der Waals surface area contributed by atoms with Crippen molar-refractivity contribution < 1.29 is 137 Å². The monoisotopic (exact) mass is 1490 g/mol. The van der Waals surface area contributed by atoms with Gasteiger partial charge in [-0.25, -0.2) is 13.8 Å². The van der Waals surface area contributed by atoms with Crippen molar-refractivity contribution in [1.82, 2.24) is 28.2 Å². The van der Waals surface area contributed by atoms with Crippen LogP contribution in [0.2, 0.25) is 0 Å². The average molecular weight is 1490 g/mol. The van der Waals surface area contributed by atoms with Crippen molar-refractivity contribution in [3.63, 3.8) is 0 Å². The van der Waals surface area contributed by atoms with Gasteiger partial charge < -0.3 is 20.7 Å². The molecule has 1 aliphatic carbocycles. The molecule has 0 unspecified atom stereocenters. The Kier molecular flexibility index (Phi) is 21.8. The fraction of sp³-hybridized carbons (Fsp3) is 0.117. The summed E-state index contributed by atoms with van der Waals surface area (Å²) in [5.41, 5.74) is 30.7. The first-order valence-corrected chi connectivity index (χ1v) is 35.6. The van der Waals surface area contributed by atoms with Gasteiger partial charge in [0.25, 0.3) is 18.4 Å². The van der Waals surface area contributed by atoms with Crippen LogP contribution in [-0.4, -0.2) is 34.7 Å². The van der Waals surface area contributed by atoms with Crippen LogP contribution >= 0.6 is 0 Å². The maximum atomic E-state index is 13.3. The molecule has 0 bridgehead atoms. The molecule has 6 heterocycles. The molecule has 6 aromatic heterocycles. The zero-order valence-corrected chi connectivity index (χ0v) is 69.0. The summed E-state index contributed by atoms with van der Waals surface area (Å²) in [7, 11) is 0. The topological polar surface area (TPSA) is 94.9 Å². The summed E-state index contributed by atoms with van der Waals surface area (Å²) in [6, 6.07) is 87.5. The molecule has 0 saturated heterocycles. The van der Waals surface area contributed by atoms with Gasteiger partial charge in [-0.05, 0) is 206 Å². The summed E-state index contributed by atoms with van der Waals surface area (Å²) in [4.78, 5) is 20.2. The van der Waals surface area contributed by atoms with Crippen molar-refractivity contribution in [1.29, 1.82) is 0 Å². The van der Waals surface area contributed by atoms with Gasteiger partial charge in [0.15, 0.2) is 23.3 Å². The Labute approximate surface area is 715 Å². The fourth-order valence-corrected chi connectivity index (χ4v) is 15.8. The molecule has 0 fully saturated rings. The molecule has 18 aromatic rings. The molecule has 0 N–H and O–H groups in total. The second kappa shape index (κ2) is 31.1. The summed E-state index contributed by atoms with van der Waals surface area (Å²) in [5, 5.41) is 18.1. The number of fused-ring (bicyclic) bond motifs is 15. The van der Waals surface area contributed by atoms with Crippen LogP contribution in [-0.2, 0) is 16.1 Å². The van der Waals surface area contributed by atoms with E-state index < -0.39 is 29.1 Å². The third-order valence-corrected chi connectivity index (χ3v) is 20.6. The summed E-state index contributed by atoms with van der Waals surface area (Å²) in [6.07, 6.45) is 1.10. The van der Waals surface area contributed by atoms with Crippen molar-refractivity contribution in [2.24, 2.45) is 0 Å². The van der Waals surface area contributed by atoms with Gasteiger partial charge in [-0.1, -0.05) is 201 Å². The minimum absolute atomic E-state index is 0. The van der Waals surface area contributed by atoms with E-state index >= 15 is 0 Å². The first-order chi connectivity index (χ1) is 51.7. The number of rotatable bonds is 7. The Morgan fingerprint density at radius 3 is 0.835 bits per heavy atom. The van der Waals surface area contributed by atoms with E-state index in [4.69, 9.17) is 15.0 Å². The van der Waals surface area contributed by atoms with Crippen LogP contribution in [0, 0.1) is 92.8 Å². The second-order valence-corrected chi connectivity index (χ2v) is 28.5. The molecule has 0 spiro atoms. The van der Waals surface area contributed by atoms with E-state index in [-0.39, 0.29) is 116 Å². The maximum absolute atomic E-state index is 13.3. The summed E-state index contributed by atoms with van der Waals surface area (Å²) >= 11 is 0. The van der Waals surface area contributed by atoms with E-state index in [2.05, 4.69) is 310 Å². The van der Waals surface area contributed by atoms with Gasteiger partial charge in [0.05, 0.1) is 49.7 Å². The molecule has 0 amide bonds. The maximum Gasteiger partial charge on any atom is 1.00 e. The zero-order chi connectivity index (χ0) is 74.4. The Morgan fingerprint density at radius 1 is 0.330 bits per heavy atom. The van der Waals surface area contributed by atoms with E-state index in [9.17, 15) is 17.6 Å². The van der Waals surface area contributed by atoms with E-state index in [0.717, 1.165) is 84.7 Å². The Balaban J connectivity index is 0.000000229. The Hall–Kier alpha value is -9.44. The van der Waals surface area contributed by atoms with Gasteiger partial charge >= 0.3 is 103 Å². The first-order valence-electron chi connectivity index (χ1n) is 35.6. The van der Waals surface area contributed by atoms with Gasteiger partial charge in [0.1, 0.15) is 11.4 Å². The van der Waals surface area contributed by atoms with Crippen molar-refractivity contribution in [2.75, 3.05) is 0 Å². The minimum atomic E-state index is -1.65. The van der Waals surface area contributed by atoms with Crippen LogP contribution in [0.1, 0.15) is 68.2 Å². The SMILES string of the molecule is Cc1ccc2c(c1)-c1cc(C)ccc1C2.Cc1ccc2c(c1)c1cc(C)ccc1n2-c1nc(-n2c3ccc(C)cc3c3cc(C)ccc32)c(-n2c3ccc(C)cc3c3cc(C)ccc32)c(-c2ccccc2)c1-n1c2ccc(C)cc2c2cc(C)ccc21.Fc1nc(F)c(F)c(-c2ccccc2)c1F.O=CO[O-].[H-].[K+].[K+]. The van der Waals surface area contributed by atoms with E-state index in [1.54, 1.807) is 6.07 Å². The van der Waals surface area contributed by atoms with Crippen molar-refractivity contribution in [2.45, 2.75) is 75.7 Å². The first kappa shape index (κ1) is 76.3. The third kappa shape index (κ3) is 13.9. The number of halogens is 4. The van der Waals surface area contributed by atoms with Crippen LogP contribution in [0.5, 0.6) is 0 Å². The second-order valence-electron chi connectivity index (χ2n) is 28.5. The predicted molar refractivity (Wildman–Crippen MR) is 427 cm³/mol. The molecule has 19 rings (SSSR count). The molecule has 9 nitrogen and oxygen atoms in total. The largest absolute Gasteiger partial charge is 1.00 e. The van der Waals surface area contributed by atoms with Crippen LogP contribution in [0.3, 0.4) is 0 Å². The number of hydrogen-bond acceptors (Lipinski definition) is 5. The molecule has 0 aliphatic heterocycles. The number of carbonyl (C=O) groups is 1. The molecule has 109 heavy (non-hydrogen) atoms. The smallest absolute Gasteiger partial charge is 1.00 e. The zero-order valence-electron chi connectivity index (χ0n) is 63.8. The van der Waals surface area contributed by atoms with Gasteiger partial charge in [-0.2, -0.15) is 13.8 Å². The van der Waals surface area contributed by atoms with Crippen LogP contribution < -0.4 is 108 Å². The molecule has 1 aliphatic rings. The van der Waals surface area contributed by atoms with Gasteiger partial charge in [-0.3, -0.25) is 13.9 Å². The normalized spacial score (nSPS) is 11.5. The third-order valence-electron chi connectivity index (χ3n) is 20.6. The van der Waals surface area contributed by atoms with E-state index in [1.165, 1.54) is 145 Å². The van der Waals surface area contributed by atoms with Crippen molar-refractivity contribution in [3.8, 4) is 56.4 Å². The number of carbonyl (C=O) groups excluding carboxylic acids is 1. The molecular weight excluding hydrogens is 1420 g/mol. The van der Waals surface area contributed by atoms with Crippen molar-refractivity contribution in [3.05, 3.63) is 333 Å².